The van der Waals surface area contributed by atoms with Crippen molar-refractivity contribution in [1.82, 2.24) is 19.1 Å². The van der Waals surface area contributed by atoms with Gasteiger partial charge in [-0.25, -0.2) is 14.8 Å². The van der Waals surface area contributed by atoms with E-state index in [0.29, 0.717) is 0 Å². The van der Waals surface area contributed by atoms with Crippen molar-refractivity contribution < 1.29 is 9.53 Å². The minimum absolute atomic E-state index is 0.446. The third-order valence-corrected chi connectivity index (χ3v) is 5.07. The molecule has 0 saturated heterocycles. The molecule has 184 valence electrons. The van der Waals surface area contributed by atoms with E-state index in [9.17, 15) is 4.79 Å². The molecule has 1 amide bonds. The molecule has 0 saturated carbocycles. The SMILES string of the molecule is Cc1cncn1Cc1cccc(N)c1.Cc1cncn1Cc1cccc(NC(=O)OC(C)(C)C)c1. The third kappa shape index (κ3) is 8.33. The van der Waals surface area contributed by atoms with Gasteiger partial charge in [0.1, 0.15) is 5.60 Å². The number of carbonyl (C=O) groups is 1. The van der Waals surface area contributed by atoms with Crippen LogP contribution in [0.25, 0.3) is 0 Å². The van der Waals surface area contributed by atoms with Crippen molar-refractivity contribution in [3.05, 3.63) is 96.1 Å². The summed E-state index contributed by atoms with van der Waals surface area (Å²) in [7, 11) is 0. The van der Waals surface area contributed by atoms with Crippen LogP contribution in [0.15, 0.2) is 73.6 Å². The molecule has 0 atom stereocenters. The van der Waals surface area contributed by atoms with E-state index >= 15 is 0 Å². The normalized spacial score (nSPS) is 10.9. The van der Waals surface area contributed by atoms with E-state index in [-0.39, 0.29) is 0 Å². The maximum atomic E-state index is 11.8. The zero-order chi connectivity index (χ0) is 25.4. The first-order valence-corrected chi connectivity index (χ1v) is 11.5. The van der Waals surface area contributed by atoms with Crippen molar-refractivity contribution in [3.63, 3.8) is 0 Å². The molecular weight excluding hydrogens is 440 g/mol. The number of nitrogens with one attached hydrogen (secondary N) is 1. The summed E-state index contributed by atoms with van der Waals surface area (Å²) in [6.07, 6.45) is 6.86. The number of aromatic nitrogens is 4. The molecule has 8 heteroatoms. The molecule has 0 spiro atoms. The lowest BCUT2D eigenvalue weighted by atomic mass is 10.2. The predicted molar refractivity (Wildman–Crippen MR) is 139 cm³/mol. The van der Waals surface area contributed by atoms with Crippen molar-refractivity contribution >= 4 is 17.5 Å². The highest BCUT2D eigenvalue weighted by atomic mass is 16.6. The number of benzene rings is 2. The number of hydrogen-bond donors (Lipinski definition) is 2. The molecule has 4 aromatic rings. The average molecular weight is 475 g/mol. The van der Waals surface area contributed by atoms with Gasteiger partial charge in [-0.3, -0.25) is 5.32 Å². The first kappa shape index (κ1) is 25.6. The summed E-state index contributed by atoms with van der Waals surface area (Å²) in [5, 5.41) is 2.75. The number of aryl methyl sites for hydroxylation is 2. The third-order valence-electron chi connectivity index (χ3n) is 5.07. The van der Waals surface area contributed by atoms with Crippen LogP contribution in [0.3, 0.4) is 0 Å². The summed E-state index contributed by atoms with van der Waals surface area (Å²) in [6, 6.07) is 15.6. The van der Waals surface area contributed by atoms with E-state index in [1.807, 2.05) is 100 Å². The minimum Gasteiger partial charge on any atom is -0.444 e. The van der Waals surface area contributed by atoms with E-state index in [1.54, 1.807) is 6.33 Å². The molecular formula is C27H34N6O2. The molecule has 8 nitrogen and oxygen atoms in total. The number of anilines is 2. The number of hydrogen-bond acceptors (Lipinski definition) is 5. The first-order chi connectivity index (χ1) is 16.6. The number of rotatable bonds is 5. The molecule has 0 bridgehead atoms. The van der Waals surface area contributed by atoms with E-state index < -0.39 is 11.7 Å². The maximum Gasteiger partial charge on any atom is 0.412 e. The van der Waals surface area contributed by atoms with Gasteiger partial charge in [0, 0.05) is 48.2 Å². The highest BCUT2D eigenvalue weighted by Gasteiger charge is 2.16. The Morgan fingerprint density at radius 3 is 1.94 bits per heavy atom. The second-order valence-electron chi connectivity index (χ2n) is 9.40. The first-order valence-electron chi connectivity index (χ1n) is 11.5. The quantitative estimate of drug-likeness (QED) is 0.377. The Morgan fingerprint density at radius 1 is 0.914 bits per heavy atom. The van der Waals surface area contributed by atoms with Gasteiger partial charge in [-0.2, -0.15) is 0 Å². The Labute approximate surface area is 206 Å². The zero-order valence-corrected chi connectivity index (χ0v) is 21.0. The van der Waals surface area contributed by atoms with E-state index in [0.717, 1.165) is 41.4 Å². The van der Waals surface area contributed by atoms with Crippen LogP contribution in [-0.4, -0.2) is 30.8 Å². The Balaban J connectivity index is 0.000000211. The van der Waals surface area contributed by atoms with Crippen molar-refractivity contribution in [2.45, 2.75) is 53.3 Å². The molecule has 0 aliphatic rings. The molecule has 35 heavy (non-hydrogen) atoms. The van der Waals surface area contributed by atoms with Gasteiger partial charge in [0.05, 0.1) is 12.7 Å². The van der Waals surface area contributed by atoms with Crippen molar-refractivity contribution in [1.29, 1.82) is 0 Å². The van der Waals surface area contributed by atoms with Crippen molar-refractivity contribution in [2.75, 3.05) is 11.1 Å². The van der Waals surface area contributed by atoms with Gasteiger partial charge in [-0.15, -0.1) is 0 Å². The lowest BCUT2D eigenvalue weighted by Crippen LogP contribution is -2.27. The van der Waals surface area contributed by atoms with E-state index in [1.165, 1.54) is 5.56 Å². The monoisotopic (exact) mass is 474 g/mol. The molecule has 0 fully saturated rings. The van der Waals surface area contributed by atoms with Gasteiger partial charge in [0.15, 0.2) is 0 Å². The lowest BCUT2D eigenvalue weighted by Gasteiger charge is -2.19. The number of nitrogens with zero attached hydrogens (tertiary/aromatic N) is 4. The zero-order valence-electron chi connectivity index (χ0n) is 21.0. The average Bonchev–Trinajstić information content (AvgIpc) is 3.35. The van der Waals surface area contributed by atoms with Gasteiger partial charge >= 0.3 is 6.09 Å². The van der Waals surface area contributed by atoms with E-state index in [2.05, 4.69) is 25.9 Å². The minimum atomic E-state index is -0.504. The molecule has 3 N–H and O–H groups in total. The summed E-state index contributed by atoms with van der Waals surface area (Å²) in [5.41, 5.74) is 11.3. The number of nitrogens with two attached hydrogens (primary N) is 1. The van der Waals surface area contributed by atoms with Crippen LogP contribution in [0.4, 0.5) is 16.2 Å². The Hall–Kier alpha value is -4.07. The van der Waals surface area contributed by atoms with Crippen molar-refractivity contribution in [2.24, 2.45) is 0 Å². The number of imidazole rings is 2. The number of amides is 1. The molecule has 4 rings (SSSR count). The van der Waals surface area contributed by atoms with Gasteiger partial charge in [0.2, 0.25) is 0 Å². The van der Waals surface area contributed by atoms with Crippen LogP contribution in [-0.2, 0) is 17.8 Å². The molecule has 0 aliphatic heterocycles. The lowest BCUT2D eigenvalue weighted by molar-refractivity contribution is 0.0636. The van der Waals surface area contributed by atoms with Gasteiger partial charge < -0.3 is 19.6 Å². The molecule has 2 heterocycles. The summed E-state index contributed by atoms with van der Waals surface area (Å²) in [5.74, 6) is 0. The van der Waals surface area contributed by atoms with Crippen LogP contribution in [0.1, 0.15) is 43.3 Å². The highest BCUT2D eigenvalue weighted by molar-refractivity contribution is 5.84. The molecule has 2 aromatic carbocycles. The fraction of sp³-hybridized carbons (Fsp3) is 0.296. The summed E-state index contributed by atoms with van der Waals surface area (Å²) in [6.45, 7) is 11.1. The fourth-order valence-corrected chi connectivity index (χ4v) is 3.36. The molecule has 2 aromatic heterocycles. The van der Waals surface area contributed by atoms with Crippen LogP contribution in [0.5, 0.6) is 0 Å². The Bertz CT molecular complexity index is 1250. The van der Waals surface area contributed by atoms with E-state index in [4.69, 9.17) is 10.5 Å². The van der Waals surface area contributed by atoms with Gasteiger partial charge in [0.25, 0.3) is 0 Å². The van der Waals surface area contributed by atoms with Gasteiger partial charge in [-0.05, 0) is 70.0 Å². The van der Waals surface area contributed by atoms with Gasteiger partial charge in [-0.1, -0.05) is 24.3 Å². The topological polar surface area (TPSA) is 100.0 Å². The maximum absolute atomic E-state index is 11.8. The summed E-state index contributed by atoms with van der Waals surface area (Å²) >= 11 is 0. The van der Waals surface area contributed by atoms with Crippen molar-refractivity contribution in [3.8, 4) is 0 Å². The molecule has 0 aliphatic carbocycles. The number of nitrogen functional groups attached to an aromatic ring is 1. The largest absolute Gasteiger partial charge is 0.444 e. The van der Waals surface area contributed by atoms with Crippen LogP contribution in [0, 0.1) is 13.8 Å². The Morgan fingerprint density at radius 2 is 1.46 bits per heavy atom. The highest BCUT2D eigenvalue weighted by Crippen LogP contribution is 2.15. The fourth-order valence-electron chi connectivity index (χ4n) is 3.36. The second-order valence-corrected chi connectivity index (χ2v) is 9.40. The number of ether oxygens (including phenoxy) is 1. The predicted octanol–water partition coefficient (Wildman–Crippen LogP) is 5.41. The second kappa shape index (κ2) is 11.4. The van der Waals surface area contributed by atoms with Crippen LogP contribution < -0.4 is 11.1 Å². The molecule has 0 radical (unpaired) electrons. The Kier molecular flexibility index (Phi) is 8.30. The smallest absolute Gasteiger partial charge is 0.412 e. The van der Waals surface area contributed by atoms with Crippen LogP contribution in [0.2, 0.25) is 0 Å². The number of carbonyl (C=O) groups excluding carboxylic acids is 1. The van der Waals surface area contributed by atoms with Crippen LogP contribution >= 0.6 is 0 Å². The summed E-state index contributed by atoms with van der Waals surface area (Å²) in [4.78, 5) is 19.9. The summed E-state index contributed by atoms with van der Waals surface area (Å²) < 4.78 is 9.38. The standard InChI is InChI=1S/C16H21N3O2.C11H13N3/c1-12-9-17-11-19(12)10-13-6-5-7-14(8-13)18-15(20)21-16(2,3)4;1-9-6-13-8-14(9)7-10-3-2-4-11(12)5-10/h5-9,11H,10H2,1-4H3,(H,18,20);2-6,8H,7,12H2,1H3. The molecule has 0 unspecified atom stereocenters.